The Kier molecular flexibility index (Phi) is 3.31. The normalized spacial score (nSPS) is 10.6. The van der Waals surface area contributed by atoms with Gasteiger partial charge in [0.15, 0.2) is 0 Å². The van der Waals surface area contributed by atoms with Crippen molar-refractivity contribution >= 4 is 11.6 Å². The van der Waals surface area contributed by atoms with E-state index in [0.29, 0.717) is 23.3 Å². The fourth-order valence-corrected chi connectivity index (χ4v) is 1.66. The fourth-order valence-electron chi connectivity index (χ4n) is 1.43. The summed E-state index contributed by atoms with van der Waals surface area (Å²) in [5.41, 5.74) is 7.23. The number of ether oxygens (including phenoxy) is 1. The van der Waals surface area contributed by atoms with E-state index in [0.717, 1.165) is 11.3 Å². The summed E-state index contributed by atoms with van der Waals surface area (Å²) in [5.74, 6) is 0.948. The molecule has 6 heteroatoms. The molecular formula is C11H13ClN4O. The van der Waals surface area contributed by atoms with Gasteiger partial charge in [0.1, 0.15) is 5.02 Å². The van der Waals surface area contributed by atoms with Gasteiger partial charge in [-0.2, -0.15) is 5.10 Å². The first-order valence-electron chi connectivity index (χ1n) is 5.13. The van der Waals surface area contributed by atoms with Crippen molar-refractivity contribution in [1.29, 1.82) is 0 Å². The smallest absolute Gasteiger partial charge is 0.240 e. The van der Waals surface area contributed by atoms with Gasteiger partial charge in [0.25, 0.3) is 0 Å². The Morgan fingerprint density at radius 2 is 2.24 bits per heavy atom. The molecule has 2 heterocycles. The van der Waals surface area contributed by atoms with Crippen LogP contribution in [0.25, 0.3) is 0 Å². The van der Waals surface area contributed by atoms with E-state index >= 15 is 0 Å². The average Bonchev–Trinajstić information content (AvgIpc) is 2.60. The number of aromatic nitrogens is 3. The number of pyridine rings is 1. The van der Waals surface area contributed by atoms with E-state index in [9.17, 15) is 0 Å². The molecule has 2 rings (SSSR count). The van der Waals surface area contributed by atoms with Gasteiger partial charge in [-0.1, -0.05) is 11.6 Å². The van der Waals surface area contributed by atoms with Crippen LogP contribution in [0.15, 0.2) is 18.3 Å². The third-order valence-electron chi connectivity index (χ3n) is 2.26. The van der Waals surface area contributed by atoms with Crippen molar-refractivity contribution in [3.63, 3.8) is 0 Å². The van der Waals surface area contributed by atoms with Gasteiger partial charge in [-0.05, 0) is 18.6 Å². The molecular weight excluding hydrogens is 240 g/mol. The van der Waals surface area contributed by atoms with Gasteiger partial charge in [-0.15, -0.1) is 0 Å². The molecule has 2 aromatic heterocycles. The molecule has 0 amide bonds. The second-order valence-corrected chi connectivity index (χ2v) is 4.09. The lowest BCUT2D eigenvalue weighted by Gasteiger charge is -2.06. The summed E-state index contributed by atoms with van der Waals surface area (Å²) in [4.78, 5) is 4.12. The lowest BCUT2D eigenvalue weighted by Crippen LogP contribution is -2.00. The van der Waals surface area contributed by atoms with Crippen LogP contribution in [0.2, 0.25) is 5.02 Å². The van der Waals surface area contributed by atoms with Crippen molar-refractivity contribution in [3.05, 3.63) is 34.6 Å². The largest absolute Gasteiger partial charge is 0.419 e. The maximum atomic E-state index is 6.04. The van der Waals surface area contributed by atoms with Gasteiger partial charge in [0, 0.05) is 25.9 Å². The summed E-state index contributed by atoms with van der Waals surface area (Å²) >= 11 is 6.04. The third-order valence-corrected chi connectivity index (χ3v) is 2.53. The van der Waals surface area contributed by atoms with E-state index in [-0.39, 0.29) is 0 Å². The second kappa shape index (κ2) is 4.73. The first kappa shape index (κ1) is 11.9. The van der Waals surface area contributed by atoms with E-state index in [2.05, 4.69) is 10.1 Å². The van der Waals surface area contributed by atoms with Crippen LogP contribution in [0.1, 0.15) is 11.3 Å². The minimum absolute atomic E-state index is 0.354. The zero-order valence-corrected chi connectivity index (χ0v) is 10.4. The monoisotopic (exact) mass is 252 g/mol. The molecule has 0 bridgehead atoms. The van der Waals surface area contributed by atoms with Crippen LogP contribution in [-0.2, 0) is 13.6 Å². The van der Waals surface area contributed by atoms with Gasteiger partial charge in [0.2, 0.25) is 11.8 Å². The molecule has 0 radical (unpaired) electrons. The number of aryl methyl sites for hydroxylation is 2. The summed E-state index contributed by atoms with van der Waals surface area (Å²) < 4.78 is 7.21. The molecule has 2 aromatic rings. The quantitative estimate of drug-likeness (QED) is 0.908. The Hall–Kier alpha value is -1.59. The standard InChI is InChI=1S/C11H13ClN4O/c1-7-3-10(16(2)15-7)17-11-9(12)4-8(5-13)6-14-11/h3-4,6H,5,13H2,1-2H3. The van der Waals surface area contributed by atoms with E-state index in [1.165, 1.54) is 0 Å². The predicted octanol–water partition coefficient (Wildman–Crippen LogP) is 2.03. The van der Waals surface area contributed by atoms with Crippen LogP contribution in [0.5, 0.6) is 11.8 Å². The second-order valence-electron chi connectivity index (χ2n) is 3.68. The third kappa shape index (κ3) is 2.57. The minimum atomic E-state index is 0.354. The van der Waals surface area contributed by atoms with Gasteiger partial charge in [-0.25, -0.2) is 9.67 Å². The van der Waals surface area contributed by atoms with Crippen LogP contribution in [0.4, 0.5) is 0 Å². The van der Waals surface area contributed by atoms with E-state index in [1.54, 1.807) is 24.0 Å². The molecule has 0 unspecified atom stereocenters. The molecule has 0 saturated carbocycles. The highest BCUT2D eigenvalue weighted by Gasteiger charge is 2.09. The Morgan fingerprint density at radius 1 is 1.47 bits per heavy atom. The number of hydrogen-bond acceptors (Lipinski definition) is 4. The number of nitrogens with two attached hydrogens (primary N) is 1. The molecule has 0 atom stereocenters. The van der Waals surface area contributed by atoms with Gasteiger partial charge < -0.3 is 10.5 Å². The molecule has 0 aliphatic heterocycles. The molecule has 0 aliphatic carbocycles. The highest BCUT2D eigenvalue weighted by Crippen LogP contribution is 2.27. The molecule has 90 valence electrons. The van der Waals surface area contributed by atoms with Crippen LogP contribution >= 0.6 is 11.6 Å². The van der Waals surface area contributed by atoms with Crippen molar-refractivity contribution in [2.75, 3.05) is 0 Å². The molecule has 0 aromatic carbocycles. The number of rotatable bonds is 3. The highest BCUT2D eigenvalue weighted by molar-refractivity contribution is 6.31. The van der Waals surface area contributed by atoms with E-state index in [1.807, 2.05) is 13.0 Å². The van der Waals surface area contributed by atoms with Crippen molar-refractivity contribution < 1.29 is 4.74 Å². The van der Waals surface area contributed by atoms with E-state index < -0.39 is 0 Å². The average molecular weight is 253 g/mol. The molecule has 17 heavy (non-hydrogen) atoms. The summed E-state index contributed by atoms with van der Waals surface area (Å²) in [6.07, 6.45) is 1.64. The van der Waals surface area contributed by atoms with Crippen molar-refractivity contribution in [1.82, 2.24) is 14.8 Å². The highest BCUT2D eigenvalue weighted by atomic mass is 35.5. The summed E-state index contributed by atoms with van der Waals surface area (Å²) in [6.45, 7) is 2.29. The molecule has 2 N–H and O–H groups in total. The zero-order valence-electron chi connectivity index (χ0n) is 9.64. The van der Waals surface area contributed by atoms with Crippen molar-refractivity contribution in [2.45, 2.75) is 13.5 Å². The summed E-state index contributed by atoms with van der Waals surface area (Å²) in [5, 5.41) is 4.61. The van der Waals surface area contributed by atoms with Gasteiger partial charge in [0.05, 0.1) is 5.69 Å². The fraction of sp³-hybridized carbons (Fsp3) is 0.273. The van der Waals surface area contributed by atoms with Crippen molar-refractivity contribution in [3.8, 4) is 11.8 Å². The summed E-state index contributed by atoms with van der Waals surface area (Å²) in [6, 6.07) is 3.56. The molecule has 0 saturated heterocycles. The Labute approximate surface area is 104 Å². The predicted molar refractivity (Wildman–Crippen MR) is 65.2 cm³/mol. The topological polar surface area (TPSA) is 66.0 Å². The van der Waals surface area contributed by atoms with Gasteiger partial charge >= 0.3 is 0 Å². The van der Waals surface area contributed by atoms with Gasteiger partial charge in [-0.3, -0.25) is 0 Å². The lowest BCUT2D eigenvalue weighted by molar-refractivity contribution is 0.415. The maximum absolute atomic E-state index is 6.04. The van der Waals surface area contributed by atoms with Crippen LogP contribution in [-0.4, -0.2) is 14.8 Å². The SMILES string of the molecule is Cc1cc(Oc2ncc(CN)cc2Cl)n(C)n1. The van der Waals surface area contributed by atoms with Crippen LogP contribution < -0.4 is 10.5 Å². The van der Waals surface area contributed by atoms with Crippen LogP contribution in [0.3, 0.4) is 0 Å². The Bertz CT molecular complexity index is 538. The maximum Gasteiger partial charge on any atom is 0.240 e. The minimum Gasteiger partial charge on any atom is -0.419 e. The Morgan fingerprint density at radius 3 is 2.76 bits per heavy atom. The molecule has 0 spiro atoms. The zero-order chi connectivity index (χ0) is 12.4. The first-order valence-corrected chi connectivity index (χ1v) is 5.51. The number of halogens is 1. The van der Waals surface area contributed by atoms with Crippen molar-refractivity contribution in [2.24, 2.45) is 12.8 Å². The molecule has 5 nitrogen and oxygen atoms in total. The molecule has 0 fully saturated rings. The molecule has 0 aliphatic rings. The first-order chi connectivity index (χ1) is 8.10. The number of nitrogens with zero attached hydrogens (tertiary/aromatic N) is 3. The Balaban J connectivity index is 2.27. The number of hydrogen-bond donors (Lipinski definition) is 1. The lowest BCUT2D eigenvalue weighted by atomic mass is 10.3. The van der Waals surface area contributed by atoms with Crippen LogP contribution in [0, 0.1) is 6.92 Å². The van der Waals surface area contributed by atoms with E-state index in [4.69, 9.17) is 22.1 Å². The summed E-state index contributed by atoms with van der Waals surface area (Å²) in [7, 11) is 1.80.